The molecule has 1 aromatic rings. The zero-order chi connectivity index (χ0) is 13.0. The third kappa shape index (κ3) is 3.58. The maximum absolute atomic E-state index is 5.42. The van der Waals surface area contributed by atoms with Gasteiger partial charge < -0.3 is 4.74 Å². The summed E-state index contributed by atoms with van der Waals surface area (Å²) in [6.45, 7) is 2.17. The van der Waals surface area contributed by atoms with E-state index >= 15 is 0 Å². The Morgan fingerprint density at radius 1 is 1.28 bits per heavy atom. The van der Waals surface area contributed by atoms with Crippen LogP contribution in [0.2, 0.25) is 0 Å². The lowest BCUT2D eigenvalue weighted by molar-refractivity contribution is 0.0877. The van der Waals surface area contributed by atoms with Gasteiger partial charge in [0.15, 0.2) is 0 Å². The molecule has 0 amide bonds. The van der Waals surface area contributed by atoms with Crippen LogP contribution in [0.5, 0.6) is 0 Å². The monoisotopic (exact) mass is 310 g/mol. The van der Waals surface area contributed by atoms with E-state index in [0.717, 1.165) is 18.3 Å². The van der Waals surface area contributed by atoms with Gasteiger partial charge in [0.05, 0.1) is 6.10 Å². The lowest BCUT2D eigenvalue weighted by Crippen LogP contribution is -2.27. The molecule has 0 bridgehead atoms. The first-order valence-corrected chi connectivity index (χ1v) is 7.84. The number of hydrogen-bond acceptors (Lipinski definition) is 1. The van der Waals surface area contributed by atoms with Crippen LogP contribution in [0, 0.1) is 5.92 Å². The largest absolute Gasteiger partial charge is 0.382 e. The van der Waals surface area contributed by atoms with E-state index in [1.54, 1.807) is 0 Å². The number of ether oxygens (including phenoxy) is 1. The summed E-state index contributed by atoms with van der Waals surface area (Å²) in [4.78, 5) is 0.662. The Balaban J connectivity index is 2.00. The van der Waals surface area contributed by atoms with Crippen LogP contribution in [-0.2, 0) is 4.74 Å². The number of methoxy groups -OCH3 is 1. The van der Waals surface area contributed by atoms with E-state index in [4.69, 9.17) is 4.74 Å². The molecule has 2 rings (SSSR count). The highest BCUT2D eigenvalue weighted by molar-refractivity contribution is 9.09. The van der Waals surface area contributed by atoms with Crippen molar-refractivity contribution in [3.05, 3.63) is 35.9 Å². The van der Waals surface area contributed by atoms with E-state index in [-0.39, 0.29) is 0 Å². The molecule has 4 atom stereocenters. The van der Waals surface area contributed by atoms with Crippen molar-refractivity contribution < 1.29 is 4.74 Å². The lowest BCUT2D eigenvalue weighted by atomic mass is 9.76. The number of halogens is 1. The highest BCUT2D eigenvalue weighted by Gasteiger charge is 2.30. The first-order valence-electron chi connectivity index (χ1n) is 6.92. The molecule has 0 N–H and O–H groups in total. The minimum absolute atomic E-state index is 0.365. The fourth-order valence-corrected chi connectivity index (χ4v) is 3.72. The van der Waals surface area contributed by atoms with E-state index in [1.807, 2.05) is 7.11 Å². The quantitative estimate of drug-likeness (QED) is 0.729. The molecule has 0 aliphatic heterocycles. The van der Waals surface area contributed by atoms with Crippen LogP contribution in [0.25, 0.3) is 0 Å². The molecule has 1 aromatic carbocycles. The van der Waals surface area contributed by atoms with Crippen LogP contribution in [0.15, 0.2) is 30.3 Å². The maximum Gasteiger partial charge on any atom is 0.0546 e. The van der Waals surface area contributed by atoms with Crippen molar-refractivity contribution in [2.24, 2.45) is 5.92 Å². The van der Waals surface area contributed by atoms with E-state index < -0.39 is 0 Å². The molecule has 100 valence electrons. The molecule has 1 fully saturated rings. The number of alkyl halides is 1. The molecule has 0 heterocycles. The van der Waals surface area contributed by atoms with Crippen LogP contribution in [0.4, 0.5) is 0 Å². The Bertz CT molecular complexity index is 351. The zero-order valence-corrected chi connectivity index (χ0v) is 12.9. The third-order valence-corrected chi connectivity index (χ3v) is 5.40. The molecule has 4 unspecified atom stereocenters. The van der Waals surface area contributed by atoms with Crippen molar-refractivity contribution >= 4 is 15.9 Å². The summed E-state index contributed by atoms with van der Waals surface area (Å²) in [6, 6.07) is 11.0. The van der Waals surface area contributed by atoms with Crippen LogP contribution >= 0.6 is 15.9 Å². The van der Waals surface area contributed by atoms with Crippen LogP contribution in [0.1, 0.15) is 44.1 Å². The van der Waals surface area contributed by atoms with E-state index in [2.05, 4.69) is 53.2 Å². The van der Waals surface area contributed by atoms with E-state index in [0.29, 0.717) is 10.9 Å². The lowest BCUT2D eigenvalue weighted by Gasteiger charge is -2.34. The molecule has 1 nitrogen and oxygen atoms in total. The number of hydrogen-bond donors (Lipinski definition) is 0. The number of rotatable bonds is 4. The van der Waals surface area contributed by atoms with Crippen molar-refractivity contribution in [1.29, 1.82) is 0 Å². The van der Waals surface area contributed by atoms with Gasteiger partial charge in [-0.2, -0.15) is 0 Å². The average molecular weight is 311 g/mol. The minimum atomic E-state index is 0.365. The summed E-state index contributed by atoms with van der Waals surface area (Å²) >= 11 is 3.86. The standard InChI is InChI=1S/C16H23BrO/c1-12(18-2)10-15-11-14(8-9-16(15)17)13-6-4-3-5-7-13/h3-7,12,14-16H,8-11H2,1-2H3. The summed E-state index contributed by atoms with van der Waals surface area (Å²) in [5, 5.41) is 0. The second-order valence-electron chi connectivity index (χ2n) is 5.48. The summed E-state index contributed by atoms with van der Waals surface area (Å²) in [6.07, 6.45) is 5.39. The summed E-state index contributed by atoms with van der Waals surface area (Å²) in [5.74, 6) is 1.47. The minimum Gasteiger partial charge on any atom is -0.382 e. The summed E-state index contributed by atoms with van der Waals surface area (Å²) in [7, 11) is 1.81. The molecule has 1 aliphatic carbocycles. The highest BCUT2D eigenvalue weighted by atomic mass is 79.9. The van der Waals surface area contributed by atoms with Gasteiger partial charge in [0.2, 0.25) is 0 Å². The van der Waals surface area contributed by atoms with Crippen molar-refractivity contribution in [2.75, 3.05) is 7.11 Å². The van der Waals surface area contributed by atoms with Crippen molar-refractivity contribution in [2.45, 2.75) is 49.5 Å². The predicted octanol–water partition coefficient (Wildman–Crippen LogP) is 4.76. The first kappa shape index (κ1) is 14.1. The maximum atomic E-state index is 5.42. The third-order valence-electron chi connectivity index (χ3n) is 4.20. The molecular formula is C16H23BrO. The Morgan fingerprint density at radius 3 is 2.67 bits per heavy atom. The van der Waals surface area contributed by atoms with Crippen LogP contribution in [0.3, 0.4) is 0 Å². The topological polar surface area (TPSA) is 9.23 Å². The SMILES string of the molecule is COC(C)CC1CC(c2ccccc2)CCC1Br. The Kier molecular flexibility index (Phi) is 5.25. The van der Waals surface area contributed by atoms with Crippen molar-refractivity contribution in [1.82, 2.24) is 0 Å². The molecule has 0 saturated heterocycles. The second kappa shape index (κ2) is 6.72. The second-order valence-corrected chi connectivity index (χ2v) is 6.65. The van der Waals surface area contributed by atoms with Gasteiger partial charge >= 0.3 is 0 Å². The normalized spacial score (nSPS) is 30.1. The molecule has 1 saturated carbocycles. The highest BCUT2D eigenvalue weighted by Crippen LogP contribution is 2.41. The smallest absolute Gasteiger partial charge is 0.0546 e. The van der Waals surface area contributed by atoms with Crippen LogP contribution < -0.4 is 0 Å². The summed E-state index contributed by atoms with van der Waals surface area (Å²) < 4.78 is 5.42. The molecule has 0 spiro atoms. The fourth-order valence-electron chi connectivity index (χ4n) is 3.02. The van der Waals surface area contributed by atoms with Gasteiger partial charge in [-0.15, -0.1) is 0 Å². The molecular weight excluding hydrogens is 288 g/mol. The molecule has 2 heteroatoms. The van der Waals surface area contributed by atoms with Gasteiger partial charge in [0.1, 0.15) is 0 Å². The van der Waals surface area contributed by atoms with Gasteiger partial charge in [0, 0.05) is 11.9 Å². The van der Waals surface area contributed by atoms with Gasteiger partial charge in [-0.3, -0.25) is 0 Å². The van der Waals surface area contributed by atoms with Crippen molar-refractivity contribution in [3.8, 4) is 0 Å². The average Bonchev–Trinajstić information content (AvgIpc) is 2.42. The van der Waals surface area contributed by atoms with Crippen molar-refractivity contribution in [3.63, 3.8) is 0 Å². The van der Waals surface area contributed by atoms with Gasteiger partial charge in [-0.05, 0) is 50.0 Å². The Morgan fingerprint density at radius 2 is 2.00 bits per heavy atom. The van der Waals surface area contributed by atoms with Crippen LogP contribution in [-0.4, -0.2) is 18.0 Å². The van der Waals surface area contributed by atoms with E-state index in [9.17, 15) is 0 Å². The zero-order valence-electron chi connectivity index (χ0n) is 11.3. The van der Waals surface area contributed by atoms with Gasteiger partial charge in [-0.25, -0.2) is 0 Å². The molecule has 18 heavy (non-hydrogen) atoms. The first-order chi connectivity index (χ1) is 8.70. The molecule has 0 aromatic heterocycles. The van der Waals surface area contributed by atoms with E-state index in [1.165, 1.54) is 24.8 Å². The Labute approximate surface area is 119 Å². The summed E-state index contributed by atoms with van der Waals surface area (Å²) in [5.41, 5.74) is 1.51. The molecule has 1 aliphatic rings. The Hall–Kier alpha value is -0.340. The predicted molar refractivity (Wildman–Crippen MR) is 80.3 cm³/mol. The van der Waals surface area contributed by atoms with Gasteiger partial charge in [0.25, 0.3) is 0 Å². The van der Waals surface area contributed by atoms with Gasteiger partial charge in [-0.1, -0.05) is 46.3 Å². The fraction of sp³-hybridized carbons (Fsp3) is 0.625. The molecule has 0 radical (unpaired) electrons. The number of benzene rings is 1.